The molecule has 0 aliphatic rings. The van der Waals surface area contributed by atoms with Crippen LogP contribution in [0.3, 0.4) is 0 Å². The molecule has 0 aliphatic carbocycles. The molecule has 2 aromatic carbocycles. The molecule has 19 heavy (non-hydrogen) atoms. The Kier molecular flexibility index (Phi) is 3.23. The third kappa shape index (κ3) is 2.48. The topological polar surface area (TPSA) is 17.0 Å². The van der Waals surface area contributed by atoms with E-state index >= 15 is 0 Å². The summed E-state index contributed by atoms with van der Waals surface area (Å²) in [6.07, 6.45) is 2.16. The monoisotopic (exact) mass is 250 g/mol. The molecule has 0 bridgehead atoms. The van der Waals surface area contributed by atoms with Crippen LogP contribution < -0.4 is 5.32 Å². The van der Waals surface area contributed by atoms with Crippen molar-refractivity contribution in [3.8, 4) is 0 Å². The molecule has 0 radical (unpaired) electrons. The minimum atomic E-state index is 0.934. The lowest BCUT2D eigenvalue weighted by Gasteiger charge is -2.10. The van der Waals surface area contributed by atoms with Crippen LogP contribution in [-0.4, -0.2) is 11.1 Å². The first-order valence-electron chi connectivity index (χ1n) is 6.68. The molecule has 1 heterocycles. The Morgan fingerprint density at radius 1 is 0.947 bits per heavy atom. The molecule has 3 rings (SSSR count). The lowest BCUT2D eigenvalue weighted by molar-refractivity contribution is 0.757. The van der Waals surface area contributed by atoms with Crippen molar-refractivity contribution in [2.24, 2.45) is 0 Å². The van der Waals surface area contributed by atoms with Crippen molar-refractivity contribution < 1.29 is 0 Å². The third-order valence-corrected chi connectivity index (χ3v) is 3.49. The van der Waals surface area contributed by atoms with Crippen molar-refractivity contribution in [1.29, 1.82) is 0 Å². The van der Waals surface area contributed by atoms with Gasteiger partial charge in [0.2, 0.25) is 0 Å². The van der Waals surface area contributed by atoms with Gasteiger partial charge in [-0.2, -0.15) is 0 Å². The highest BCUT2D eigenvalue weighted by Crippen LogP contribution is 2.16. The Labute approximate surface area is 113 Å². The second-order valence-electron chi connectivity index (χ2n) is 4.81. The molecule has 0 amide bonds. The van der Waals surface area contributed by atoms with Gasteiger partial charge in [-0.1, -0.05) is 36.4 Å². The van der Waals surface area contributed by atoms with Gasteiger partial charge in [0, 0.05) is 30.5 Å². The average molecular weight is 250 g/mol. The molecule has 0 atom stereocenters. The molecular weight excluding hydrogens is 232 g/mol. The maximum Gasteiger partial charge on any atom is 0.0480 e. The Morgan fingerprint density at radius 3 is 2.63 bits per heavy atom. The van der Waals surface area contributed by atoms with Gasteiger partial charge in [-0.15, -0.1) is 0 Å². The maximum atomic E-state index is 3.50. The summed E-state index contributed by atoms with van der Waals surface area (Å²) in [5, 5.41) is 4.80. The highest BCUT2D eigenvalue weighted by atomic mass is 15.0. The summed E-state index contributed by atoms with van der Waals surface area (Å²) >= 11 is 0. The van der Waals surface area contributed by atoms with Crippen LogP contribution in [0.4, 0.5) is 5.69 Å². The van der Waals surface area contributed by atoms with Crippen LogP contribution >= 0.6 is 0 Å². The fourth-order valence-corrected chi connectivity index (χ4v) is 2.42. The minimum absolute atomic E-state index is 0.934. The second-order valence-corrected chi connectivity index (χ2v) is 4.81. The van der Waals surface area contributed by atoms with Crippen LogP contribution in [-0.2, 0) is 6.54 Å². The number of anilines is 1. The van der Waals surface area contributed by atoms with E-state index in [0.29, 0.717) is 0 Å². The number of aryl methyl sites for hydroxylation is 1. The van der Waals surface area contributed by atoms with Gasteiger partial charge >= 0.3 is 0 Å². The van der Waals surface area contributed by atoms with Crippen LogP contribution in [0, 0.1) is 6.92 Å². The van der Waals surface area contributed by atoms with E-state index in [0.717, 1.165) is 13.1 Å². The van der Waals surface area contributed by atoms with E-state index in [1.807, 2.05) is 0 Å². The normalized spacial score (nSPS) is 10.8. The fraction of sp³-hybridized carbons (Fsp3) is 0.176. The molecular formula is C17H18N2. The standard InChI is InChI=1S/C17H18N2/c1-14-6-2-4-8-16(14)18-11-13-19-12-10-15-7-3-5-9-17(15)19/h2-10,12,18H,11,13H2,1H3. The molecule has 0 spiro atoms. The first-order valence-corrected chi connectivity index (χ1v) is 6.68. The predicted molar refractivity (Wildman–Crippen MR) is 81.6 cm³/mol. The maximum absolute atomic E-state index is 3.50. The number of nitrogens with one attached hydrogen (secondary N) is 1. The number of hydrogen-bond donors (Lipinski definition) is 1. The Balaban J connectivity index is 1.68. The summed E-state index contributed by atoms with van der Waals surface area (Å²) in [6.45, 7) is 4.04. The average Bonchev–Trinajstić information content (AvgIpc) is 2.85. The summed E-state index contributed by atoms with van der Waals surface area (Å²) in [7, 11) is 0. The summed E-state index contributed by atoms with van der Waals surface area (Å²) in [5.41, 5.74) is 3.81. The van der Waals surface area contributed by atoms with Crippen molar-refractivity contribution >= 4 is 16.6 Å². The molecule has 0 fully saturated rings. The molecule has 0 saturated heterocycles. The Hall–Kier alpha value is -2.22. The van der Waals surface area contributed by atoms with E-state index in [1.54, 1.807) is 0 Å². The molecule has 2 heteroatoms. The lowest BCUT2D eigenvalue weighted by atomic mass is 10.2. The minimum Gasteiger partial charge on any atom is -0.383 e. The number of para-hydroxylation sites is 2. The SMILES string of the molecule is Cc1ccccc1NCCn1ccc2ccccc21. The zero-order valence-corrected chi connectivity index (χ0v) is 11.1. The number of rotatable bonds is 4. The van der Waals surface area contributed by atoms with Crippen molar-refractivity contribution in [2.45, 2.75) is 13.5 Å². The number of fused-ring (bicyclic) bond motifs is 1. The molecule has 3 aromatic rings. The number of benzene rings is 2. The van der Waals surface area contributed by atoms with Gasteiger partial charge < -0.3 is 9.88 Å². The zero-order chi connectivity index (χ0) is 13.1. The van der Waals surface area contributed by atoms with Crippen LogP contribution in [0.1, 0.15) is 5.56 Å². The van der Waals surface area contributed by atoms with Gasteiger partial charge in [-0.3, -0.25) is 0 Å². The van der Waals surface area contributed by atoms with E-state index in [2.05, 4.69) is 77.6 Å². The first kappa shape index (κ1) is 11.8. The number of nitrogens with zero attached hydrogens (tertiary/aromatic N) is 1. The number of hydrogen-bond acceptors (Lipinski definition) is 1. The van der Waals surface area contributed by atoms with E-state index in [9.17, 15) is 0 Å². The molecule has 2 nitrogen and oxygen atoms in total. The third-order valence-electron chi connectivity index (χ3n) is 3.49. The molecule has 96 valence electrons. The Morgan fingerprint density at radius 2 is 1.74 bits per heavy atom. The van der Waals surface area contributed by atoms with Crippen LogP contribution in [0.2, 0.25) is 0 Å². The summed E-state index contributed by atoms with van der Waals surface area (Å²) in [6, 6.07) is 19.1. The van der Waals surface area contributed by atoms with Crippen molar-refractivity contribution in [2.75, 3.05) is 11.9 Å². The predicted octanol–water partition coefficient (Wildman–Crippen LogP) is 4.06. The lowest BCUT2D eigenvalue weighted by Crippen LogP contribution is -2.10. The molecule has 0 aliphatic heterocycles. The second kappa shape index (κ2) is 5.19. The van der Waals surface area contributed by atoms with E-state index in [1.165, 1.54) is 22.2 Å². The van der Waals surface area contributed by atoms with E-state index < -0.39 is 0 Å². The van der Waals surface area contributed by atoms with Crippen molar-refractivity contribution in [1.82, 2.24) is 4.57 Å². The molecule has 0 unspecified atom stereocenters. The summed E-state index contributed by atoms with van der Waals surface area (Å²) in [4.78, 5) is 0. The fourth-order valence-electron chi connectivity index (χ4n) is 2.42. The van der Waals surface area contributed by atoms with Crippen molar-refractivity contribution in [3.63, 3.8) is 0 Å². The molecule has 1 aromatic heterocycles. The van der Waals surface area contributed by atoms with Gasteiger partial charge in [0.15, 0.2) is 0 Å². The summed E-state index contributed by atoms with van der Waals surface area (Å²) < 4.78 is 2.29. The van der Waals surface area contributed by atoms with Crippen LogP contribution in [0.15, 0.2) is 60.8 Å². The van der Waals surface area contributed by atoms with E-state index in [4.69, 9.17) is 0 Å². The van der Waals surface area contributed by atoms with Gasteiger partial charge in [0.1, 0.15) is 0 Å². The van der Waals surface area contributed by atoms with Crippen LogP contribution in [0.25, 0.3) is 10.9 Å². The van der Waals surface area contributed by atoms with Crippen LogP contribution in [0.5, 0.6) is 0 Å². The molecule has 1 N–H and O–H groups in total. The van der Waals surface area contributed by atoms with Gasteiger partial charge in [0.05, 0.1) is 0 Å². The highest BCUT2D eigenvalue weighted by Gasteiger charge is 2.00. The Bertz CT molecular complexity index is 682. The largest absolute Gasteiger partial charge is 0.383 e. The number of aromatic nitrogens is 1. The van der Waals surface area contributed by atoms with Crippen molar-refractivity contribution in [3.05, 3.63) is 66.4 Å². The first-order chi connectivity index (χ1) is 9.34. The highest BCUT2D eigenvalue weighted by molar-refractivity contribution is 5.79. The zero-order valence-electron chi connectivity index (χ0n) is 11.1. The van der Waals surface area contributed by atoms with Gasteiger partial charge in [-0.05, 0) is 36.1 Å². The van der Waals surface area contributed by atoms with Gasteiger partial charge in [0.25, 0.3) is 0 Å². The summed E-state index contributed by atoms with van der Waals surface area (Å²) in [5.74, 6) is 0. The van der Waals surface area contributed by atoms with Gasteiger partial charge in [-0.25, -0.2) is 0 Å². The van der Waals surface area contributed by atoms with E-state index in [-0.39, 0.29) is 0 Å². The quantitative estimate of drug-likeness (QED) is 0.738. The smallest absolute Gasteiger partial charge is 0.0480 e. The molecule has 0 saturated carbocycles.